The summed E-state index contributed by atoms with van der Waals surface area (Å²) in [5.74, 6) is -9.60. The maximum absolute atomic E-state index is 13.4. The first-order valence-electron chi connectivity index (χ1n) is 14.2. The molecule has 244 valence electrons. The zero-order chi connectivity index (χ0) is 33.4. The van der Waals surface area contributed by atoms with Crippen LogP contribution in [-0.2, 0) is 40.1 Å². The number of aliphatic hydroxyl groups is 1. The Bertz CT molecular complexity index is 1160. The first-order valence-corrected chi connectivity index (χ1v) is 14.2. The number of hydrogen-bond donors (Lipinski definition) is 5. The lowest BCUT2D eigenvalue weighted by atomic mass is 9.87. The summed E-state index contributed by atoms with van der Waals surface area (Å²) < 4.78 is 18.2. The number of ketones is 3. The number of Topliss-reactive ketones (excluding diaryl/α,β-unsaturated/α-hetero) is 3. The van der Waals surface area contributed by atoms with E-state index in [1.807, 2.05) is 0 Å². The van der Waals surface area contributed by atoms with Gasteiger partial charge in [0.2, 0.25) is 5.91 Å². The number of alkyl carbamates (subject to hydrolysis) is 1. The molecule has 0 bridgehead atoms. The Labute approximate surface area is 254 Å². The van der Waals surface area contributed by atoms with Crippen molar-refractivity contribution in [3.05, 3.63) is 35.9 Å². The van der Waals surface area contributed by atoms with Crippen molar-refractivity contribution < 1.29 is 58.0 Å². The molecule has 13 nitrogen and oxygen atoms in total. The quantitative estimate of drug-likeness (QED) is 0.134. The van der Waals surface area contributed by atoms with Gasteiger partial charge in [0.1, 0.15) is 19.3 Å². The minimum atomic E-state index is -1.66. The molecule has 1 aromatic rings. The van der Waals surface area contributed by atoms with Gasteiger partial charge in [0.15, 0.2) is 17.3 Å². The Balaban J connectivity index is 3.09. The molecule has 1 rings (SSSR count). The molecule has 14 heteroatoms. The number of nitrogens with one attached hydrogen (secondary N) is 2. The molecule has 1 unspecified atom stereocenters. The summed E-state index contributed by atoms with van der Waals surface area (Å²) in [6, 6.07) is 6.04. The number of alkyl halides is 1. The summed E-state index contributed by atoms with van der Waals surface area (Å²) in [6.45, 7) is 3.05. The number of carbonyl (C=O) groups is 7. The van der Waals surface area contributed by atoms with Crippen LogP contribution < -0.4 is 10.6 Å². The molecule has 0 aromatic heterocycles. The number of aliphatic carboxylic acids is 2. The molecule has 0 aliphatic heterocycles. The van der Waals surface area contributed by atoms with Gasteiger partial charge in [0.25, 0.3) is 0 Å². The Morgan fingerprint density at radius 1 is 0.818 bits per heavy atom. The number of ether oxygens (including phenoxy) is 1. The van der Waals surface area contributed by atoms with Crippen LogP contribution in [0.1, 0.15) is 64.9 Å². The molecule has 6 atom stereocenters. The number of aliphatic hydroxyl groups excluding tert-OH is 1. The van der Waals surface area contributed by atoms with Gasteiger partial charge in [0, 0.05) is 31.1 Å². The zero-order valence-corrected chi connectivity index (χ0v) is 25.0. The van der Waals surface area contributed by atoms with Crippen molar-refractivity contribution in [2.75, 3.05) is 6.67 Å². The molecule has 2 amide bonds. The largest absolute Gasteiger partial charge is 0.481 e. The van der Waals surface area contributed by atoms with E-state index in [1.54, 1.807) is 44.2 Å². The number of rotatable bonds is 21. The maximum Gasteiger partial charge on any atom is 0.408 e. The second-order valence-electron chi connectivity index (χ2n) is 10.7. The van der Waals surface area contributed by atoms with Crippen LogP contribution in [0.2, 0.25) is 0 Å². The van der Waals surface area contributed by atoms with Crippen LogP contribution in [0.5, 0.6) is 0 Å². The summed E-state index contributed by atoms with van der Waals surface area (Å²) in [5.41, 5.74) is 0.713. The topological polar surface area (TPSA) is 213 Å². The molecule has 0 spiro atoms. The van der Waals surface area contributed by atoms with E-state index >= 15 is 0 Å². The van der Waals surface area contributed by atoms with E-state index in [1.165, 1.54) is 0 Å². The highest BCUT2D eigenvalue weighted by Gasteiger charge is 2.35. The molecule has 0 radical (unpaired) electrons. The van der Waals surface area contributed by atoms with E-state index in [2.05, 4.69) is 10.6 Å². The highest BCUT2D eigenvalue weighted by molar-refractivity contribution is 5.96. The van der Waals surface area contributed by atoms with Gasteiger partial charge in [-0.25, -0.2) is 9.18 Å². The average molecular weight is 625 g/mol. The Morgan fingerprint density at radius 2 is 1.41 bits per heavy atom. The van der Waals surface area contributed by atoms with Gasteiger partial charge in [-0.3, -0.25) is 28.8 Å². The van der Waals surface area contributed by atoms with Crippen LogP contribution in [0.3, 0.4) is 0 Å². The lowest BCUT2D eigenvalue weighted by Gasteiger charge is -2.27. The van der Waals surface area contributed by atoms with E-state index in [0.717, 1.165) is 6.92 Å². The standard InChI is InChI=1S/C30H41FN2O11/c1-4-17(2)27(33-30(43)44-16-19-8-6-5-7-9-19)22(35)12-20(10-11-25(38)39)29(42)32-28(18(3)34)23(36)13-21(14-26(40)41)24(37)15-31/h5-9,17-18,20-21,27-28,34H,4,10-16H2,1-3H3,(H,32,42)(H,33,43)(H,38,39)(H,40,41)/t17-,18?,20+,21-,27-,28-/m0/s1. The lowest BCUT2D eigenvalue weighted by Crippen LogP contribution is -2.51. The van der Waals surface area contributed by atoms with E-state index < -0.39 is 110 Å². The third-order valence-electron chi connectivity index (χ3n) is 7.15. The van der Waals surface area contributed by atoms with Gasteiger partial charge in [0.05, 0.1) is 18.6 Å². The molecule has 0 aliphatic rings. The first kappa shape index (κ1) is 37.8. The molecule has 0 saturated heterocycles. The van der Waals surface area contributed by atoms with Gasteiger partial charge in [-0.15, -0.1) is 0 Å². The van der Waals surface area contributed by atoms with Crippen LogP contribution in [-0.4, -0.2) is 81.5 Å². The molecule has 0 fully saturated rings. The van der Waals surface area contributed by atoms with Gasteiger partial charge >= 0.3 is 18.0 Å². The maximum atomic E-state index is 13.4. The normalized spacial score (nSPS) is 15.0. The molecule has 0 saturated carbocycles. The third-order valence-corrected chi connectivity index (χ3v) is 7.15. The Morgan fingerprint density at radius 3 is 1.93 bits per heavy atom. The van der Waals surface area contributed by atoms with Gasteiger partial charge in [-0.1, -0.05) is 50.6 Å². The molecular formula is C30H41FN2O11. The Kier molecular flexibility index (Phi) is 16.5. The van der Waals surface area contributed by atoms with Gasteiger partial charge in [-0.05, 0) is 24.8 Å². The minimum Gasteiger partial charge on any atom is -0.481 e. The van der Waals surface area contributed by atoms with Gasteiger partial charge in [-0.2, -0.15) is 0 Å². The van der Waals surface area contributed by atoms with E-state index in [-0.39, 0.29) is 13.0 Å². The first-order chi connectivity index (χ1) is 20.7. The lowest BCUT2D eigenvalue weighted by molar-refractivity contribution is -0.142. The van der Waals surface area contributed by atoms with Crippen molar-refractivity contribution in [2.45, 2.75) is 84.1 Å². The van der Waals surface area contributed by atoms with Crippen molar-refractivity contribution in [2.24, 2.45) is 17.8 Å². The second kappa shape index (κ2) is 19.2. The minimum absolute atomic E-state index is 0.0588. The fraction of sp³-hybridized carbons (Fsp3) is 0.567. The van der Waals surface area contributed by atoms with Crippen molar-refractivity contribution in [3.8, 4) is 0 Å². The summed E-state index contributed by atoms with van der Waals surface area (Å²) in [6.07, 6.45) is -4.98. The van der Waals surface area contributed by atoms with E-state index in [0.29, 0.717) is 12.0 Å². The van der Waals surface area contributed by atoms with Crippen LogP contribution in [0.25, 0.3) is 0 Å². The predicted octanol–water partition coefficient (Wildman–Crippen LogP) is 2.22. The smallest absolute Gasteiger partial charge is 0.408 e. The van der Waals surface area contributed by atoms with Gasteiger partial charge < -0.3 is 30.7 Å². The summed E-state index contributed by atoms with van der Waals surface area (Å²) in [7, 11) is 0. The average Bonchev–Trinajstić information content (AvgIpc) is 2.98. The van der Waals surface area contributed by atoms with Crippen molar-refractivity contribution in [1.29, 1.82) is 0 Å². The number of halogens is 1. The van der Waals surface area contributed by atoms with Crippen LogP contribution >= 0.6 is 0 Å². The molecular weight excluding hydrogens is 583 g/mol. The third kappa shape index (κ3) is 13.4. The molecule has 5 N–H and O–H groups in total. The number of benzene rings is 1. The highest BCUT2D eigenvalue weighted by atomic mass is 19.1. The number of carboxylic acids is 2. The number of amides is 2. The monoisotopic (exact) mass is 624 g/mol. The predicted molar refractivity (Wildman–Crippen MR) is 153 cm³/mol. The second-order valence-corrected chi connectivity index (χ2v) is 10.7. The van der Waals surface area contributed by atoms with E-state index in [4.69, 9.17) is 9.84 Å². The van der Waals surface area contributed by atoms with Crippen molar-refractivity contribution >= 4 is 41.3 Å². The zero-order valence-electron chi connectivity index (χ0n) is 25.0. The number of carbonyl (C=O) groups excluding carboxylic acids is 5. The number of carboxylic acid groups (broad SMARTS) is 2. The Hall–Kier alpha value is -4.20. The fourth-order valence-corrected chi connectivity index (χ4v) is 4.39. The van der Waals surface area contributed by atoms with E-state index in [9.17, 15) is 48.2 Å². The van der Waals surface area contributed by atoms with Crippen molar-refractivity contribution in [3.63, 3.8) is 0 Å². The van der Waals surface area contributed by atoms with Crippen LogP contribution in [0, 0.1) is 17.8 Å². The van der Waals surface area contributed by atoms with Crippen LogP contribution in [0.4, 0.5) is 9.18 Å². The highest BCUT2D eigenvalue weighted by Crippen LogP contribution is 2.20. The fourth-order valence-electron chi connectivity index (χ4n) is 4.39. The molecule has 0 aliphatic carbocycles. The summed E-state index contributed by atoms with van der Waals surface area (Å²) >= 11 is 0. The summed E-state index contributed by atoms with van der Waals surface area (Å²) in [5, 5.41) is 33.2. The van der Waals surface area contributed by atoms with Crippen LogP contribution in [0.15, 0.2) is 30.3 Å². The SMILES string of the molecule is CC[C@H](C)[C@H](NC(=O)OCc1ccccc1)C(=O)C[C@@H](CCC(=O)O)C(=O)N[C@H](C(=O)C[C@@H](CC(=O)O)C(=O)CF)C(C)O. The molecule has 1 aromatic carbocycles. The molecule has 0 heterocycles. The number of hydrogen-bond acceptors (Lipinski definition) is 9. The van der Waals surface area contributed by atoms with Crippen molar-refractivity contribution in [1.82, 2.24) is 10.6 Å². The summed E-state index contributed by atoms with van der Waals surface area (Å²) in [4.78, 5) is 86.3. The molecule has 44 heavy (non-hydrogen) atoms.